The van der Waals surface area contributed by atoms with Gasteiger partial charge >= 0.3 is 0 Å². The maximum absolute atomic E-state index is 12.9. The Morgan fingerprint density at radius 1 is 1.06 bits per heavy atom. The van der Waals surface area contributed by atoms with E-state index < -0.39 is 0 Å². The molecule has 1 aromatic heterocycles. The third kappa shape index (κ3) is 5.75. The number of fused-ring (bicyclic) bond motifs is 1. The van der Waals surface area contributed by atoms with Crippen molar-refractivity contribution in [1.82, 2.24) is 14.8 Å². The second kappa shape index (κ2) is 10.6. The van der Waals surface area contributed by atoms with Crippen LogP contribution < -0.4 is 5.32 Å². The molecule has 0 bridgehead atoms. The molecule has 4 rings (SSSR count). The lowest BCUT2D eigenvalue weighted by Crippen LogP contribution is -2.41. The molecule has 1 amide bonds. The van der Waals surface area contributed by atoms with Gasteiger partial charge in [-0.05, 0) is 36.0 Å². The van der Waals surface area contributed by atoms with Crippen molar-refractivity contribution in [2.45, 2.75) is 25.2 Å². The summed E-state index contributed by atoms with van der Waals surface area (Å²) < 4.78 is 7.58. The summed E-state index contributed by atoms with van der Waals surface area (Å²) in [6.07, 6.45) is 4.65. The summed E-state index contributed by atoms with van der Waals surface area (Å²) in [5.41, 5.74) is 3.81. The van der Waals surface area contributed by atoms with Crippen molar-refractivity contribution in [3.63, 3.8) is 0 Å². The van der Waals surface area contributed by atoms with E-state index in [9.17, 15) is 4.79 Å². The summed E-state index contributed by atoms with van der Waals surface area (Å²) in [5, 5.41) is 4.41. The average molecular weight is 420 g/mol. The van der Waals surface area contributed by atoms with Crippen LogP contribution in [0.25, 0.3) is 10.9 Å². The molecule has 0 spiro atoms. The largest absolute Gasteiger partial charge is 0.379 e. The molecule has 1 aliphatic heterocycles. The number of nitrogens with zero attached hydrogens (tertiary/aromatic N) is 2. The van der Waals surface area contributed by atoms with E-state index >= 15 is 0 Å². The first-order valence-electron chi connectivity index (χ1n) is 11.4. The topological polar surface area (TPSA) is 46.5 Å². The molecule has 1 unspecified atom stereocenters. The number of para-hydroxylation sites is 1. The molecule has 5 nitrogen and oxygen atoms in total. The van der Waals surface area contributed by atoms with Crippen molar-refractivity contribution >= 4 is 16.8 Å². The Hall–Kier alpha value is -2.63. The Bertz CT molecular complexity index is 977. The minimum atomic E-state index is 0.138. The van der Waals surface area contributed by atoms with Crippen molar-refractivity contribution in [1.29, 1.82) is 0 Å². The summed E-state index contributed by atoms with van der Waals surface area (Å²) in [5.74, 6) is 0.328. The predicted octanol–water partition coefficient (Wildman–Crippen LogP) is 3.73. The number of carbonyl (C=O) groups is 1. The third-order valence-electron chi connectivity index (χ3n) is 6.28. The fraction of sp³-hybridized carbons (Fsp3) is 0.423. The number of carbonyl (C=O) groups excluding carboxylic acids is 1. The Kier molecular flexibility index (Phi) is 7.39. The molecule has 31 heavy (non-hydrogen) atoms. The maximum Gasteiger partial charge on any atom is 0.220 e. The van der Waals surface area contributed by atoms with Gasteiger partial charge in [-0.25, -0.2) is 0 Å². The van der Waals surface area contributed by atoms with E-state index in [1.807, 2.05) is 6.07 Å². The zero-order valence-electron chi connectivity index (χ0n) is 18.4. The molecule has 2 heterocycles. The van der Waals surface area contributed by atoms with E-state index in [2.05, 4.69) is 76.6 Å². The minimum Gasteiger partial charge on any atom is -0.379 e. The zero-order chi connectivity index (χ0) is 21.5. The molecular formula is C26H33N3O2. The lowest BCUT2D eigenvalue weighted by atomic mass is 9.89. The molecule has 0 aliphatic carbocycles. The van der Waals surface area contributed by atoms with Gasteiger partial charge in [-0.15, -0.1) is 0 Å². The van der Waals surface area contributed by atoms with Crippen LogP contribution in [0, 0.1) is 0 Å². The lowest BCUT2D eigenvalue weighted by molar-refractivity contribution is -0.121. The standard InChI is InChI=1S/C26H33N3O2/c1-28-20-24(23-9-5-6-10-25(23)28)22(12-11-21-7-3-2-4-8-21)19-26(30)27-13-14-29-15-17-31-18-16-29/h2-10,20,22H,11-19H2,1H3,(H,27,30). The van der Waals surface area contributed by atoms with Crippen molar-refractivity contribution in [3.8, 4) is 0 Å². The number of amides is 1. The minimum absolute atomic E-state index is 0.138. The quantitative estimate of drug-likeness (QED) is 0.575. The molecule has 3 aromatic rings. The summed E-state index contributed by atoms with van der Waals surface area (Å²) in [4.78, 5) is 15.2. The van der Waals surface area contributed by atoms with Gasteiger partial charge in [0.15, 0.2) is 0 Å². The highest BCUT2D eigenvalue weighted by molar-refractivity contribution is 5.85. The van der Waals surface area contributed by atoms with Gasteiger partial charge in [-0.3, -0.25) is 9.69 Å². The highest BCUT2D eigenvalue weighted by Gasteiger charge is 2.21. The van der Waals surface area contributed by atoms with Crippen LogP contribution in [0.15, 0.2) is 60.8 Å². The Morgan fingerprint density at radius 3 is 2.61 bits per heavy atom. The van der Waals surface area contributed by atoms with Crippen molar-refractivity contribution in [3.05, 3.63) is 71.9 Å². The van der Waals surface area contributed by atoms with Crippen LogP contribution in [0.2, 0.25) is 0 Å². The highest BCUT2D eigenvalue weighted by Crippen LogP contribution is 2.32. The van der Waals surface area contributed by atoms with E-state index in [1.165, 1.54) is 22.0 Å². The monoisotopic (exact) mass is 419 g/mol. The summed E-state index contributed by atoms with van der Waals surface area (Å²) in [7, 11) is 2.09. The first-order valence-corrected chi connectivity index (χ1v) is 11.4. The molecule has 1 fully saturated rings. The Labute approximate surface area is 185 Å². The first kappa shape index (κ1) is 21.6. The number of aryl methyl sites for hydroxylation is 2. The molecule has 1 N–H and O–H groups in total. The fourth-order valence-electron chi connectivity index (χ4n) is 4.53. The molecule has 1 atom stereocenters. The van der Waals surface area contributed by atoms with Gasteiger partial charge in [-0.1, -0.05) is 48.5 Å². The summed E-state index contributed by atoms with van der Waals surface area (Å²) in [6, 6.07) is 19.0. The molecule has 1 aliphatic rings. The lowest BCUT2D eigenvalue weighted by Gasteiger charge is -2.26. The van der Waals surface area contributed by atoms with Gasteiger partial charge in [-0.2, -0.15) is 0 Å². The van der Waals surface area contributed by atoms with Gasteiger partial charge in [0.1, 0.15) is 0 Å². The maximum atomic E-state index is 12.9. The van der Waals surface area contributed by atoms with Crippen molar-refractivity contribution in [2.75, 3.05) is 39.4 Å². The number of ether oxygens (including phenoxy) is 1. The number of rotatable bonds is 9. The van der Waals surface area contributed by atoms with Gasteiger partial charge in [0, 0.05) is 56.7 Å². The van der Waals surface area contributed by atoms with Gasteiger partial charge in [0.05, 0.1) is 13.2 Å². The predicted molar refractivity (Wildman–Crippen MR) is 125 cm³/mol. The number of hydrogen-bond acceptors (Lipinski definition) is 3. The molecule has 164 valence electrons. The van der Waals surface area contributed by atoms with E-state index in [0.717, 1.165) is 45.7 Å². The van der Waals surface area contributed by atoms with Crippen molar-refractivity contribution in [2.24, 2.45) is 7.05 Å². The number of aromatic nitrogens is 1. The van der Waals surface area contributed by atoms with Crippen LogP contribution in [-0.2, 0) is 23.0 Å². The smallest absolute Gasteiger partial charge is 0.220 e. The Balaban J connectivity index is 1.43. The molecule has 1 saturated heterocycles. The molecular weight excluding hydrogens is 386 g/mol. The van der Waals surface area contributed by atoms with Crippen molar-refractivity contribution < 1.29 is 9.53 Å². The summed E-state index contributed by atoms with van der Waals surface area (Å²) in [6.45, 7) is 5.06. The first-order chi connectivity index (χ1) is 15.2. The van der Waals surface area contributed by atoms with E-state index in [0.29, 0.717) is 13.0 Å². The van der Waals surface area contributed by atoms with Gasteiger partial charge in [0.25, 0.3) is 0 Å². The second-order valence-corrected chi connectivity index (χ2v) is 8.44. The normalized spacial score (nSPS) is 15.8. The fourth-order valence-corrected chi connectivity index (χ4v) is 4.53. The summed E-state index contributed by atoms with van der Waals surface area (Å²) >= 11 is 0. The Morgan fingerprint density at radius 2 is 1.81 bits per heavy atom. The zero-order valence-corrected chi connectivity index (χ0v) is 18.4. The number of benzene rings is 2. The third-order valence-corrected chi connectivity index (χ3v) is 6.28. The number of nitrogens with one attached hydrogen (secondary N) is 1. The SMILES string of the molecule is Cn1cc(C(CCc2ccccc2)CC(=O)NCCN2CCOCC2)c2ccccc21. The van der Waals surface area contributed by atoms with E-state index in [4.69, 9.17) is 4.74 Å². The van der Waals surface area contributed by atoms with Crippen LogP contribution in [-0.4, -0.2) is 54.8 Å². The van der Waals surface area contributed by atoms with E-state index in [-0.39, 0.29) is 11.8 Å². The van der Waals surface area contributed by atoms with E-state index in [1.54, 1.807) is 0 Å². The van der Waals surface area contributed by atoms with Crippen LogP contribution >= 0.6 is 0 Å². The average Bonchev–Trinajstić information content (AvgIpc) is 3.15. The number of morpholine rings is 1. The number of hydrogen-bond donors (Lipinski definition) is 1. The van der Waals surface area contributed by atoms with Crippen LogP contribution in [0.3, 0.4) is 0 Å². The molecule has 0 radical (unpaired) electrons. The molecule has 5 heteroatoms. The molecule has 2 aromatic carbocycles. The van der Waals surface area contributed by atoms with Crippen LogP contribution in [0.1, 0.15) is 29.9 Å². The second-order valence-electron chi connectivity index (χ2n) is 8.44. The highest BCUT2D eigenvalue weighted by atomic mass is 16.5. The van der Waals surface area contributed by atoms with Gasteiger partial charge < -0.3 is 14.6 Å². The molecule has 0 saturated carbocycles. The van der Waals surface area contributed by atoms with Crippen LogP contribution in [0.5, 0.6) is 0 Å². The van der Waals surface area contributed by atoms with Gasteiger partial charge in [0.2, 0.25) is 5.91 Å². The van der Waals surface area contributed by atoms with Crippen LogP contribution in [0.4, 0.5) is 0 Å².